The van der Waals surface area contributed by atoms with Gasteiger partial charge in [-0.15, -0.1) is 0 Å². The van der Waals surface area contributed by atoms with Crippen LogP contribution in [-0.2, 0) is 10.0 Å². The fourth-order valence-electron chi connectivity index (χ4n) is 3.76. The summed E-state index contributed by atoms with van der Waals surface area (Å²) in [5.74, 6) is -0.222. The number of para-hydroxylation sites is 1. The topological polar surface area (TPSA) is 72.3 Å². The highest BCUT2D eigenvalue weighted by Crippen LogP contribution is 2.30. The van der Waals surface area contributed by atoms with Crippen LogP contribution in [-0.4, -0.2) is 29.3 Å². The van der Waals surface area contributed by atoms with Gasteiger partial charge in [0, 0.05) is 11.5 Å². The summed E-state index contributed by atoms with van der Waals surface area (Å²) < 4.78 is 43.5. The molecule has 1 heterocycles. The van der Waals surface area contributed by atoms with Gasteiger partial charge in [-0.2, -0.15) is 4.31 Å². The van der Waals surface area contributed by atoms with E-state index in [4.69, 9.17) is 4.98 Å². The van der Waals surface area contributed by atoms with Gasteiger partial charge >= 0.3 is 0 Å². The van der Waals surface area contributed by atoms with Crippen LogP contribution in [0.4, 0.5) is 4.39 Å². The van der Waals surface area contributed by atoms with Gasteiger partial charge in [0.2, 0.25) is 10.0 Å². The second kappa shape index (κ2) is 9.17. The van der Waals surface area contributed by atoms with Crippen molar-refractivity contribution in [1.29, 1.82) is 0 Å². The monoisotopic (exact) mass is 529 g/mol. The Bertz CT molecular complexity index is 1470. The smallest absolute Gasteiger partial charge is 0.266 e. The second-order valence-electron chi connectivity index (χ2n) is 7.50. The molecule has 0 amide bonds. The third-order valence-electron chi connectivity index (χ3n) is 5.50. The maximum Gasteiger partial charge on any atom is 0.266 e. The number of nitrogens with zero attached hydrogens (tertiary/aromatic N) is 3. The molecule has 0 bridgehead atoms. The van der Waals surface area contributed by atoms with Crippen LogP contribution < -0.4 is 5.56 Å². The molecule has 170 valence electrons. The summed E-state index contributed by atoms with van der Waals surface area (Å²) >= 11 is 3.40. The first-order valence-electron chi connectivity index (χ1n) is 10.2. The molecule has 0 saturated heterocycles. The molecule has 0 aliphatic carbocycles. The van der Waals surface area contributed by atoms with Crippen molar-refractivity contribution >= 4 is 36.9 Å². The van der Waals surface area contributed by atoms with Crippen molar-refractivity contribution < 1.29 is 12.8 Å². The van der Waals surface area contributed by atoms with Crippen LogP contribution >= 0.6 is 15.9 Å². The molecule has 1 unspecified atom stereocenters. The summed E-state index contributed by atoms with van der Waals surface area (Å²) in [5.41, 5.74) is 0.767. The molecule has 0 N–H and O–H groups in total. The number of hydrogen-bond donors (Lipinski definition) is 0. The SMILES string of the molecule is CCC(c1nc2ccccc2c(=O)n1-c1ccc(Br)cc1)N(C)S(=O)(=O)c1ccc(F)cc1. The van der Waals surface area contributed by atoms with Crippen molar-refractivity contribution in [2.24, 2.45) is 0 Å². The molecule has 0 saturated carbocycles. The molecule has 0 radical (unpaired) electrons. The zero-order valence-electron chi connectivity index (χ0n) is 17.9. The third kappa shape index (κ3) is 4.36. The Kier molecular flexibility index (Phi) is 6.47. The first kappa shape index (κ1) is 23.3. The van der Waals surface area contributed by atoms with Gasteiger partial charge in [-0.25, -0.2) is 17.8 Å². The van der Waals surface area contributed by atoms with Gasteiger partial charge in [-0.05, 0) is 67.1 Å². The van der Waals surface area contributed by atoms with Crippen LogP contribution in [0.1, 0.15) is 25.2 Å². The average Bonchev–Trinajstić information content (AvgIpc) is 2.81. The molecule has 1 aromatic heterocycles. The van der Waals surface area contributed by atoms with Gasteiger partial charge in [0.15, 0.2) is 0 Å². The molecular weight excluding hydrogens is 509 g/mol. The zero-order valence-corrected chi connectivity index (χ0v) is 20.3. The molecule has 4 rings (SSSR count). The maximum absolute atomic E-state index is 13.5. The van der Waals surface area contributed by atoms with E-state index >= 15 is 0 Å². The minimum atomic E-state index is -3.98. The highest BCUT2D eigenvalue weighted by molar-refractivity contribution is 9.10. The van der Waals surface area contributed by atoms with Crippen molar-refractivity contribution in [1.82, 2.24) is 13.9 Å². The van der Waals surface area contributed by atoms with Crippen LogP contribution in [0, 0.1) is 5.82 Å². The van der Waals surface area contributed by atoms with E-state index in [-0.39, 0.29) is 10.5 Å². The molecule has 6 nitrogen and oxygen atoms in total. The van der Waals surface area contributed by atoms with Crippen LogP contribution in [0.5, 0.6) is 0 Å². The summed E-state index contributed by atoms with van der Waals surface area (Å²) in [7, 11) is -2.54. The summed E-state index contributed by atoms with van der Waals surface area (Å²) in [4.78, 5) is 18.2. The number of halogens is 2. The van der Waals surface area contributed by atoms with E-state index in [1.54, 1.807) is 48.5 Å². The van der Waals surface area contributed by atoms with E-state index in [2.05, 4.69) is 15.9 Å². The van der Waals surface area contributed by atoms with E-state index in [1.807, 2.05) is 6.92 Å². The van der Waals surface area contributed by atoms with E-state index in [0.29, 0.717) is 28.8 Å². The number of sulfonamides is 1. The predicted octanol–water partition coefficient (Wildman–Crippen LogP) is 5.06. The highest BCUT2D eigenvalue weighted by Gasteiger charge is 2.32. The van der Waals surface area contributed by atoms with Crippen molar-refractivity contribution in [3.8, 4) is 5.69 Å². The van der Waals surface area contributed by atoms with Crippen LogP contribution in [0.15, 0.2) is 87.0 Å². The third-order valence-corrected chi connectivity index (χ3v) is 7.91. The van der Waals surface area contributed by atoms with Gasteiger partial charge in [0.05, 0.1) is 27.5 Å². The first-order chi connectivity index (χ1) is 15.7. The summed E-state index contributed by atoms with van der Waals surface area (Å²) in [5, 5.41) is 0.433. The van der Waals surface area contributed by atoms with E-state index in [9.17, 15) is 17.6 Å². The van der Waals surface area contributed by atoms with Crippen molar-refractivity contribution in [2.45, 2.75) is 24.3 Å². The summed E-state index contributed by atoms with van der Waals surface area (Å²) in [6.07, 6.45) is 0.359. The van der Waals surface area contributed by atoms with Crippen LogP contribution in [0.3, 0.4) is 0 Å². The highest BCUT2D eigenvalue weighted by atomic mass is 79.9. The number of hydrogen-bond acceptors (Lipinski definition) is 4. The Morgan fingerprint density at radius 1 is 1.03 bits per heavy atom. The standard InChI is InChI=1S/C24H21BrFN3O3S/c1-3-22(28(2)33(31,32)19-14-10-17(26)11-15-19)23-27-21-7-5-4-6-20(21)24(30)29(23)18-12-8-16(25)9-13-18/h4-15,22H,3H2,1-2H3. The fourth-order valence-corrected chi connectivity index (χ4v) is 5.41. The van der Waals surface area contributed by atoms with Crippen LogP contribution in [0.2, 0.25) is 0 Å². The molecule has 0 aliphatic heterocycles. The van der Waals surface area contributed by atoms with Crippen molar-refractivity contribution in [3.63, 3.8) is 0 Å². The molecule has 9 heteroatoms. The number of aromatic nitrogens is 2. The number of fused-ring (bicyclic) bond motifs is 1. The lowest BCUT2D eigenvalue weighted by Gasteiger charge is -2.28. The van der Waals surface area contributed by atoms with Gasteiger partial charge < -0.3 is 0 Å². The largest absolute Gasteiger partial charge is 0.268 e. The van der Waals surface area contributed by atoms with Crippen molar-refractivity contribution in [3.05, 3.63) is 99.3 Å². The Morgan fingerprint density at radius 2 is 1.67 bits per heavy atom. The Labute approximate surface area is 199 Å². The average molecular weight is 530 g/mol. The molecule has 0 aliphatic rings. The molecule has 0 spiro atoms. The number of rotatable bonds is 6. The Balaban J connectivity index is 1.94. The molecule has 1 atom stereocenters. The fraction of sp³-hybridized carbons (Fsp3) is 0.167. The summed E-state index contributed by atoms with van der Waals surface area (Å²) in [6, 6.07) is 18.0. The van der Waals surface area contributed by atoms with Gasteiger partial charge in [0.25, 0.3) is 5.56 Å². The van der Waals surface area contributed by atoms with E-state index in [1.165, 1.54) is 28.1 Å². The summed E-state index contributed by atoms with van der Waals surface area (Å²) in [6.45, 7) is 1.83. The van der Waals surface area contributed by atoms with Gasteiger partial charge in [-0.1, -0.05) is 35.0 Å². The zero-order chi connectivity index (χ0) is 23.8. The maximum atomic E-state index is 13.5. The normalized spacial score (nSPS) is 12.9. The van der Waals surface area contributed by atoms with Gasteiger partial charge in [0.1, 0.15) is 11.6 Å². The molecule has 33 heavy (non-hydrogen) atoms. The minimum Gasteiger partial charge on any atom is -0.268 e. The molecular formula is C24H21BrFN3O3S. The molecule has 4 aromatic rings. The predicted molar refractivity (Wildman–Crippen MR) is 129 cm³/mol. The van der Waals surface area contributed by atoms with E-state index < -0.39 is 21.9 Å². The van der Waals surface area contributed by atoms with E-state index in [0.717, 1.165) is 16.6 Å². The first-order valence-corrected chi connectivity index (χ1v) is 12.5. The second-order valence-corrected chi connectivity index (χ2v) is 10.4. The Morgan fingerprint density at radius 3 is 2.30 bits per heavy atom. The lowest BCUT2D eigenvalue weighted by atomic mass is 10.1. The molecule has 0 fully saturated rings. The minimum absolute atomic E-state index is 0.0387. The number of benzene rings is 3. The van der Waals surface area contributed by atoms with Crippen LogP contribution in [0.25, 0.3) is 16.6 Å². The van der Waals surface area contributed by atoms with Gasteiger partial charge in [-0.3, -0.25) is 9.36 Å². The quantitative estimate of drug-likeness (QED) is 0.350. The Hall–Kier alpha value is -2.88. The molecule has 3 aromatic carbocycles. The lowest BCUT2D eigenvalue weighted by Crippen LogP contribution is -2.36. The van der Waals surface area contributed by atoms with Crippen molar-refractivity contribution in [2.75, 3.05) is 7.05 Å². The lowest BCUT2D eigenvalue weighted by molar-refractivity contribution is 0.347.